The fourth-order valence-electron chi connectivity index (χ4n) is 6.38. The molecule has 3 amide bonds. The van der Waals surface area contributed by atoms with Crippen LogP contribution < -0.4 is 29.7 Å². The van der Waals surface area contributed by atoms with Gasteiger partial charge in [0.1, 0.15) is 29.2 Å². The van der Waals surface area contributed by atoms with Crippen molar-refractivity contribution in [1.82, 2.24) is 25.5 Å². The molecule has 0 saturated carbocycles. The number of hydrogen-bond acceptors (Lipinski definition) is 10. The summed E-state index contributed by atoms with van der Waals surface area (Å²) in [6, 6.07) is 15.7. The first-order chi connectivity index (χ1) is 24.8. The summed E-state index contributed by atoms with van der Waals surface area (Å²) in [4.78, 5) is 52.8. The van der Waals surface area contributed by atoms with E-state index in [0.29, 0.717) is 84.5 Å². The molecule has 2 N–H and O–H groups in total. The molecule has 2 saturated heterocycles. The molecule has 2 atom stereocenters. The van der Waals surface area contributed by atoms with Gasteiger partial charge in [-0.1, -0.05) is 12.1 Å². The normalized spacial score (nSPS) is 19.5. The highest BCUT2D eigenvalue weighted by Crippen LogP contribution is 2.33. The molecule has 3 aliphatic heterocycles. The molecule has 6 bridgehead atoms. The molecule has 51 heavy (non-hydrogen) atoms. The molecule has 2 fully saturated rings. The number of ether oxygens (including phenoxy) is 4. The lowest BCUT2D eigenvalue weighted by Crippen LogP contribution is -2.58. The predicted octanol–water partition coefficient (Wildman–Crippen LogP) is 3.23. The van der Waals surface area contributed by atoms with E-state index in [1.807, 2.05) is 11.0 Å². The monoisotopic (exact) mass is 696 g/mol. The number of hydrogen-bond donors (Lipinski definition) is 2. The van der Waals surface area contributed by atoms with Gasteiger partial charge in [-0.25, -0.2) is 14.4 Å². The second-order valence-electron chi connectivity index (χ2n) is 12.5. The molecule has 0 radical (unpaired) electrons. The molecular formula is C37H37FN6O7. The predicted molar refractivity (Wildman–Crippen MR) is 183 cm³/mol. The number of nitrogens with zero attached hydrogens (tertiary/aromatic N) is 4. The second-order valence-corrected chi connectivity index (χ2v) is 12.5. The van der Waals surface area contributed by atoms with Crippen LogP contribution in [-0.2, 0) is 16.1 Å². The summed E-state index contributed by atoms with van der Waals surface area (Å²) in [6.45, 7) is 2.71. The molecule has 3 aromatic carbocycles. The number of likely N-dealkylation sites (tertiary alicyclic amines) is 1. The quantitative estimate of drug-likeness (QED) is 0.328. The Hall–Kier alpha value is -5.76. The minimum absolute atomic E-state index is 0.0406. The smallest absolute Gasteiger partial charge is 0.258 e. The van der Waals surface area contributed by atoms with E-state index in [-0.39, 0.29) is 31.4 Å². The van der Waals surface area contributed by atoms with Crippen molar-refractivity contribution in [3.63, 3.8) is 0 Å². The van der Waals surface area contributed by atoms with Crippen LogP contribution in [0.4, 0.5) is 10.3 Å². The number of anilines is 1. The van der Waals surface area contributed by atoms with Crippen molar-refractivity contribution in [1.29, 1.82) is 0 Å². The van der Waals surface area contributed by atoms with Gasteiger partial charge in [-0.3, -0.25) is 14.4 Å². The summed E-state index contributed by atoms with van der Waals surface area (Å²) in [7, 11) is 1.54. The molecule has 4 heterocycles. The van der Waals surface area contributed by atoms with Crippen molar-refractivity contribution in [3.05, 3.63) is 95.6 Å². The van der Waals surface area contributed by atoms with E-state index in [1.54, 1.807) is 54.5 Å². The zero-order valence-electron chi connectivity index (χ0n) is 28.0. The maximum absolute atomic E-state index is 14.8. The summed E-state index contributed by atoms with van der Waals surface area (Å²) in [6.07, 6.45) is 2.75. The van der Waals surface area contributed by atoms with Crippen molar-refractivity contribution in [2.45, 2.75) is 25.1 Å². The van der Waals surface area contributed by atoms with Crippen molar-refractivity contribution >= 4 is 23.7 Å². The molecule has 0 aliphatic carbocycles. The van der Waals surface area contributed by atoms with Crippen LogP contribution in [-0.4, -0.2) is 97.8 Å². The SMILES string of the molecule is COc1ccc2cc1-c1cccc(c1)OCC(=O)NCc1cc(F)cc(c1)O[C@@H]1CCN(C(=O)c3cnc(N4CCOCC4)nc3)C[C@H]1NC2=O. The molecule has 3 aliphatic rings. The van der Waals surface area contributed by atoms with Gasteiger partial charge in [0.25, 0.3) is 17.7 Å². The van der Waals surface area contributed by atoms with Crippen LogP contribution in [0.5, 0.6) is 17.2 Å². The third kappa shape index (κ3) is 7.86. The summed E-state index contributed by atoms with van der Waals surface area (Å²) in [5.41, 5.74) is 2.49. The summed E-state index contributed by atoms with van der Waals surface area (Å²) in [5, 5.41) is 5.83. The van der Waals surface area contributed by atoms with Crippen LogP contribution in [0.2, 0.25) is 0 Å². The molecule has 264 valence electrons. The van der Waals surface area contributed by atoms with Crippen molar-refractivity contribution in [2.75, 3.05) is 58.0 Å². The fraction of sp³-hybridized carbons (Fsp3) is 0.324. The number of benzene rings is 3. The largest absolute Gasteiger partial charge is 0.496 e. The third-order valence-electron chi connectivity index (χ3n) is 9.02. The molecule has 14 heteroatoms. The van der Waals surface area contributed by atoms with Gasteiger partial charge in [-0.05, 0) is 53.6 Å². The van der Waals surface area contributed by atoms with Gasteiger partial charge in [0.2, 0.25) is 5.95 Å². The van der Waals surface area contributed by atoms with Crippen LogP contribution >= 0.6 is 0 Å². The fourth-order valence-corrected chi connectivity index (χ4v) is 6.38. The Bertz CT molecular complexity index is 1920. The van der Waals surface area contributed by atoms with Gasteiger partial charge >= 0.3 is 0 Å². The Morgan fingerprint density at radius 2 is 1.78 bits per heavy atom. The molecular weight excluding hydrogens is 659 g/mol. The lowest BCUT2D eigenvalue weighted by Gasteiger charge is -2.39. The highest BCUT2D eigenvalue weighted by atomic mass is 19.1. The zero-order chi connectivity index (χ0) is 35.3. The van der Waals surface area contributed by atoms with E-state index < -0.39 is 29.8 Å². The highest BCUT2D eigenvalue weighted by Gasteiger charge is 2.35. The number of aromatic nitrogens is 2. The maximum atomic E-state index is 14.8. The highest BCUT2D eigenvalue weighted by molar-refractivity contribution is 5.97. The molecule has 0 unspecified atom stereocenters. The molecule has 13 nitrogen and oxygen atoms in total. The molecule has 0 spiro atoms. The molecule has 1 aromatic heterocycles. The number of nitrogens with one attached hydrogen (secondary N) is 2. The van der Waals surface area contributed by atoms with Gasteiger partial charge in [0.05, 0.1) is 31.9 Å². The number of morpholine rings is 1. The number of methoxy groups -OCH3 is 1. The van der Waals surface area contributed by atoms with E-state index in [2.05, 4.69) is 20.6 Å². The van der Waals surface area contributed by atoms with Gasteiger partial charge < -0.3 is 39.4 Å². The van der Waals surface area contributed by atoms with E-state index in [0.717, 1.165) is 0 Å². The first-order valence-electron chi connectivity index (χ1n) is 16.7. The van der Waals surface area contributed by atoms with E-state index >= 15 is 0 Å². The molecule has 7 rings (SSSR count). The topological polar surface area (TPSA) is 144 Å². The lowest BCUT2D eigenvalue weighted by molar-refractivity contribution is -0.123. The Morgan fingerprint density at radius 1 is 0.961 bits per heavy atom. The van der Waals surface area contributed by atoms with Crippen LogP contribution in [0.15, 0.2) is 73.1 Å². The van der Waals surface area contributed by atoms with E-state index in [4.69, 9.17) is 18.9 Å². The lowest BCUT2D eigenvalue weighted by atomic mass is 9.98. The number of carbonyl (C=O) groups is 3. The minimum atomic E-state index is -0.681. The van der Waals surface area contributed by atoms with Crippen LogP contribution in [0.3, 0.4) is 0 Å². The number of halogens is 1. The first kappa shape index (κ1) is 33.7. The summed E-state index contributed by atoms with van der Waals surface area (Å²) >= 11 is 0. The third-order valence-corrected chi connectivity index (χ3v) is 9.02. The standard InChI is InChI=1S/C37H37FN6O7/c1-48-32-6-5-25-16-30(32)24-3-2-4-28(15-24)50-22-34(45)39-18-23-13-27(38)17-29(14-23)51-33-7-8-44(21-31(33)42-35(25)46)36(47)26-19-40-37(41-20-26)43-9-11-49-12-10-43/h2-6,13-17,19-20,31,33H,7-12,18,21-22H2,1H3,(H,39,45)(H,42,46)/t31-,33-/m1/s1. The van der Waals surface area contributed by atoms with Gasteiger partial charge in [-0.2, -0.15) is 0 Å². The van der Waals surface area contributed by atoms with Crippen LogP contribution in [0, 0.1) is 5.82 Å². The van der Waals surface area contributed by atoms with Crippen LogP contribution in [0.25, 0.3) is 11.1 Å². The van der Waals surface area contributed by atoms with E-state index in [1.165, 1.54) is 24.5 Å². The number of fused-ring (bicyclic) bond motifs is 8. The first-order valence-corrected chi connectivity index (χ1v) is 16.7. The zero-order valence-corrected chi connectivity index (χ0v) is 28.0. The van der Waals surface area contributed by atoms with E-state index in [9.17, 15) is 18.8 Å². The number of carbonyl (C=O) groups excluding carboxylic acids is 3. The number of rotatable bonds is 3. The van der Waals surface area contributed by atoms with Crippen molar-refractivity contribution in [2.24, 2.45) is 0 Å². The van der Waals surface area contributed by atoms with Crippen molar-refractivity contribution < 1.29 is 37.7 Å². The Balaban J connectivity index is 1.19. The number of piperidine rings is 1. The summed E-state index contributed by atoms with van der Waals surface area (Å²) < 4.78 is 37.9. The summed E-state index contributed by atoms with van der Waals surface area (Å²) in [5.74, 6) is 0.108. The Kier molecular flexibility index (Phi) is 9.92. The Morgan fingerprint density at radius 3 is 2.59 bits per heavy atom. The molecule has 4 aromatic rings. The second kappa shape index (κ2) is 15.0. The maximum Gasteiger partial charge on any atom is 0.258 e. The van der Waals surface area contributed by atoms with Crippen molar-refractivity contribution in [3.8, 4) is 28.4 Å². The average molecular weight is 697 g/mol. The van der Waals surface area contributed by atoms with Gasteiger partial charge in [-0.15, -0.1) is 0 Å². The van der Waals surface area contributed by atoms with Crippen LogP contribution in [0.1, 0.15) is 32.7 Å². The van der Waals surface area contributed by atoms with Gasteiger partial charge in [0.15, 0.2) is 6.61 Å². The Labute approximate surface area is 293 Å². The minimum Gasteiger partial charge on any atom is -0.496 e. The number of amides is 3. The van der Waals surface area contributed by atoms with Gasteiger partial charge in [0, 0.05) is 68.7 Å². The average Bonchev–Trinajstić information content (AvgIpc) is 3.16.